The molecule has 4 heteroatoms. The molecule has 1 amide bonds. The number of carbonyl (C=O) groups excluding carboxylic acids is 1. The summed E-state index contributed by atoms with van der Waals surface area (Å²) >= 11 is 0. The van der Waals surface area contributed by atoms with Crippen LogP contribution in [0.3, 0.4) is 0 Å². The van der Waals surface area contributed by atoms with E-state index < -0.39 is 5.82 Å². The SMILES string of the molecule is CC1CCCC1NC(=O)c1ccc(C#CCN)cc1F. The van der Waals surface area contributed by atoms with Gasteiger partial charge in [0.05, 0.1) is 12.1 Å². The fraction of sp³-hybridized carbons (Fsp3) is 0.438. The zero-order valence-corrected chi connectivity index (χ0v) is 11.6. The maximum absolute atomic E-state index is 13.9. The Morgan fingerprint density at radius 1 is 1.50 bits per heavy atom. The third-order valence-corrected chi connectivity index (χ3v) is 3.73. The number of halogens is 1. The fourth-order valence-electron chi connectivity index (χ4n) is 2.54. The molecule has 0 aromatic heterocycles. The van der Waals surface area contributed by atoms with Gasteiger partial charge in [0.1, 0.15) is 5.82 Å². The monoisotopic (exact) mass is 274 g/mol. The lowest BCUT2D eigenvalue weighted by Crippen LogP contribution is -2.36. The van der Waals surface area contributed by atoms with Crippen LogP contribution in [0.1, 0.15) is 42.1 Å². The van der Waals surface area contributed by atoms with Gasteiger partial charge in [-0.05, 0) is 37.0 Å². The molecule has 1 fully saturated rings. The number of nitrogens with one attached hydrogen (secondary N) is 1. The first-order valence-corrected chi connectivity index (χ1v) is 6.91. The second-order valence-electron chi connectivity index (χ2n) is 5.19. The number of rotatable bonds is 2. The summed E-state index contributed by atoms with van der Waals surface area (Å²) in [5.41, 5.74) is 5.86. The largest absolute Gasteiger partial charge is 0.349 e. The van der Waals surface area contributed by atoms with Crippen molar-refractivity contribution in [2.75, 3.05) is 6.54 Å². The highest BCUT2D eigenvalue weighted by atomic mass is 19.1. The predicted octanol–water partition coefficient (Wildman–Crippen LogP) is 2.05. The molecule has 0 aliphatic heterocycles. The smallest absolute Gasteiger partial charge is 0.254 e. The lowest BCUT2D eigenvalue weighted by atomic mass is 10.1. The predicted molar refractivity (Wildman–Crippen MR) is 76.6 cm³/mol. The molecule has 2 rings (SSSR count). The summed E-state index contributed by atoms with van der Waals surface area (Å²) in [5, 5.41) is 2.91. The molecule has 0 saturated heterocycles. The van der Waals surface area contributed by atoms with Crippen LogP contribution in [0.2, 0.25) is 0 Å². The van der Waals surface area contributed by atoms with Crippen LogP contribution < -0.4 is 11.1 Å². The topological polar surface area (TPSA) is 55.1 Å². The molecule has 1 aliphatic carbocycles. The third-order valence-electron chi connectivity index (χ3n) is 3.73. The number of hydrogen-bond acceptors (Lipinski definition) is 2. The van der Waals surface area contributed by atoms with E-state index in [4.69, 9.17) is 5.73 Å². The van der Waals surface area contributed by atoms with Crippen molar-refractivity contribution in [3.63, 3.8) is 0 Å². The Labute approximate surface area is 118 Å². The van der Waals surface area contributed by atoms with E-state index in [1.165, 1.54) is 12.1 Å². The minimum atomic E-state index is -0.544. The minimum Gasteiger partial charge on any atom is -0.349 e. The summed E-state index contributed by atoms with van der Waals surface area (Å²) in [6.45, 7) is 2.34. The molecule has 0 radical (unpaired) electrons. The molecular weight excluding hydrogens is 255 g/mol. The molecule has 2 unspecified atom stereocenters. The van der Waals surface area contributed by atoms with Gasteiger partial charge in [0.2, 0.25) is 0 Å². The number of benzene rings is 1. The first-order valence-electron chi connectivity index (χ1n) is 6.91. The maximum Gasteiger partial charge on any atom is 0.254 e. The van der Waals surface area contributed by atoms with E-state index in [0.29, 0.717) is 11.5 Å². The molecule has 1 aliphatic rings. The number of hydrogen-bond donors (Lipinski definition) is 2. The zero-order valence-electron chi connectivity index (χ0n) is 11.6. The molecule has 0 spiro atoms. The van der Waals surface area contributed by atoms with Gasteiger partial charge in [0.15, 0.2) is 0 Å². The summed E-state index contributed by atoms with van der Waals surface area (Å²) in [6, 6.07) is 4.54. The fourth-order valence-corrected chi connectivity index (χ4v) is 2.54. The second-order valence-corrected chi connectivity index (χ2v) is 5.19. The van der Waals surface area contributed by atoms with Crippen molar-refractivity contribution >= 4 is 5.91 Å². The van der Waals surface area contributed by atoms with Gasteiger partial charge in [0, 0.05) is 11.6 Å². The lowest BCUT2D eigenvalue weighted by molar-refractivity contribution is 0.0925. The van der Waals surface area contributed by atoms with Crippen molar-refractivity contribution in [1.82, 2.24) is 5.32 Å². The van der Waals surface area contributed by atoms with Crippen molar-refractivity contribution in [3.05, 3.63) is 35.1 Å². The van der Waals surface area contributed by atoms with Gasteiger partial charge in [0.25, 0.3) is 5.91 Å². The Morgan fingerprint density at radius 2 is 2.30 bits per heavy atom. The molecular formula is C16H19FN2O. The van der Waals surface area contributed by atoms with E-state index >= 15 is 0 Å². The molecule has 0 bridgehead atoms. The van der Waals surface area contributed by atoms with Crippen LogP contribution in [0.4, 0.5) is 4.39 Å². The van der Waals surface area contributed by atoms with E-state index in [1.807, 2.05) is 0 Å². The third kappa shape index (κ3) is 3.37. The molecule has 3 N–H and O–H groups in total. The van der Waals surface area contributed by atoms with E-state index in [0.717, 1.165) is 19.3 Å². The minimum absolute atomic E-state index is 0.0717. The normalized spacial score (nSPS) is 21.1. The highest BCUT2D eigenvalue weighted by molar-refractivity contribution is 5.94. The van der Waals surface area contributed by atoms with Gasteiger partial charge in [-0.15, -0.1) is 0 Å². The van der Waals surface area contributed by atoms with Crippen LogP contribution in [0.5, 0.6) is 0 Å². The van der Waals surface area contributed by atoms with Crippen molar-refractivity contribution in [2.45, 2.75) is 32.2 Å². The molecule has 1 aromatic rings. The van der Waals surface area contributed by atoms with Gasteiger partial charge in [-0.2, -0.15) is 0 Å². The van der Waals surface area contributed by atoms with E-state index in [2.05, 4.69) is 24.1 Å². The highest BCUT2D eigenvalue weighted by Gasteiger charge is 2.25. The van der Waals surface area contributed by atoms with Crippen LogP contribution >= 0.6 is 0 Å². The molecule has 2 atom stereocenters. The molecule has 1 saturated carbocycles. The quantitative estimate of drug-likeness (QED) is 0.811. The summed E-state index contributed by atoms with van der Waals surface area (Å²) < 4.78 is 13.9. The van der Waals surface area contributed by atoms with Crippen LogP contribution in [-0.4, -0.2) is 18.5 Å². The average Bonchev–Trinajstić information content (AvgIpc) is 2.82. The highest BCUT2D eigenvalue weighted by Crippen LogP contribution is 2.25. The summed E-state index contributed by atoms with van der Waals surface area (Å²) in [7, 11) is 0. The van der Waals surface area contributed by atoms with Crippen molar-refractivity contribution in [3.8, 4) is 11.8 Å². The molecule has 3 nitrogen and oxygen atoms in total. The lowest BCUT2D eigenvalue weighted by Gasteiger charge is -2.17. The summed E-state index contributed by atoms with van der Waals surface area (Å²) in [5.74, 6) is 4.96. The zero-order chi connectivity index (χ0) is 14.5. The Morgan fingerprint density at radius 3 is 2.90 bits per heavy atom. The van der Waals surface area contributed by atoms with E-state index in [9.17, 15) is 9.18 Å². The van der Waals surface area contributed by atoms with Crippen LogP contribution in [-0.2, 0) is 0 Å². The Bertz CT molecular complexity index is 559. The van der Waals surface area contributed by atoms with Gasteiger partial charge >= 0.3 is 0 Å². The first-order chi connectivity index (χ1) is 9.61. The summed E-state index contributed by atoms with van der Waals surface area (Å²) in [6.07, 6.45) is 3.19. The Kier molecular flexibility index (Phi) is 4.75. The number of nitrogens with two attached hydrogens (primary N) is 1. The Balaban J connectivity index is 2.10. The maximum atomic E-state index is 13.9. The van der Waals surface area contributed by atoms with Gasteiger partial charge in [-0.3, -0.25) is 4.79 Å². The average molecular weight is 274 g/mol. The molecule has 106 valence electrons. The van der Waals surface area contributed by atoms with Gasteiger partial charge < -0.3 is 11.1 Å². The van der Waals surface area contributed by atoms with E-state index in [-0.39, 0.29) is 24.1 Å². The number of carbonyl (C=O) groups is 1. The number of amides is 1. The first kappa shape index (κ1) is 14.5. The molecule has 20 heavy (non-hydrogen) atoms. The standard InChI is InChI=1S/C16H19FN2O/c1-11-4-2-6-15(11)19-16(20)13-8-7-12(5-3-9-18)10-14(13)17/h7-8,10-11,15H,2,4,6,9,18H2,1H3,(H,19,20). The van der Waals surface area contributed by atoms with Crippen LogP contribution in [0.15, 0.2) is 18.2 Å². The van der Waals surface area contributed by atoms with Crippen molar-refractivity contribution < 1.29 is 9.18 Å². The molecule has 1 aromatic carbocycles. The van der Waals surface area contributed by atoms with Crippen LogP contribution in [0.25, 0.3) is 0 Å². The summed E-state index contributed by atoms with van der Waals surface area (Å²) in [4.78, 5) is 12.1. The van der Waals surface area contributed by atoms with Crippen molar-refractivity contribution in [1.29, 1.82) is 0 Å². The van der Waals surface area contributed by atoms with Gasteiger partial charge in [-0.1, -0.05) is 25.2 Å². The van der Waals surface area contributed by atoms with Crippen LogP contribution in [0, 0.1) is 23.6 Å². The van der Waals surface area contributed by atoms with Gasteiger partial charge in [-0.25, -0.2) is 4.39 Å². The second kappa shape index (κ2) is 6.53. The van der Waals surface area contributed by atoms with Crippen molar-refractivity contribution in [2.24, 2.45) is 11.7 Å². The molecule has 0 heterocycles. The Hall–Kier alpha value is -1.86. The van der Waals surface area contributed by atoms with E-state index in [1.54, 1.807) is 6.07 Å².